The third-order valence-corrected chi connectivity index (χ3v) is 12.1. The number of esters is 1. The average Bonchev–Trinajstić information content (AvgIpc) is 3.13. The van der Waals surface area contributed by atoms with Gasteiger partial charge in [0.25, 0.3) is 0 Å². The van der Waals surface area contributed by atoms with Gasteiger partial charge in [-0.3, -0.25) is 4.79 Å². The third-order valence-electron chi connectivity index (χ3n) is 12.1. The summed E-state index contributed by atoms with van der Waals surface area (Å²) >= 11 is 0. The topological polar surface area (TPSA) is 99.1 Å². The van der Waals surface area contributed by atoms with E-state index in [2.05, 4.69) is 20.8 Å². The van der Waals surface area contributed by atoms with Crippen LogP contribution in [0.5, 0.6) is 0 Å². The Bertz CT molecular complexity index is 1220. The summed E-state index contributed by atoms with van der Waals surface area (Å²) in [6.07, 6.45) is 0.638. The summed E-state index contributed by atoms with van der Waals surface area (Å²) in [6.45, 7) is 9.46. The Morgan fingerprint density at radius 3 is 2.47 bits per heavy atom. The van der Waals surface area contributed by atoms with Crippen LogP contribution in [-0.2, 0) is 23.8 Å². The van der Waals surface area contributed by atoms with E-state index in [-0.39, 0.29) is 36.7 Å². The largest absolute Gasteiger partial charge is 0.509 e. The van der Waals surface area contributed by atoms with E-state index in [1.807, 2.05) is 0 Å². The number of ketones is 1. The van der Waals surface area contributed by atoms with Gasteiger partial charge in [-0.25, -0.2) is 22.8 Å². The highest BCUT2D eigenvalue weighted by molar-refractivity contribution is 6.01. The molecule has 12 atom stereocenters. The quantitative estimate of drug-likeness (QED) is 0.361. The number of rotatable bonds is 5. The number of ether oxygens (including phenoxy) is 3. The first-order valence-electron chi connectivity index (χ1n) is 15.7. The van der Waals surface area contributed by atoms with Crippen molar-refractivity contribution < 1.29 is 46.9 Å². The summed E-state index contributed by atoms with van der Waals surface area (Å²) in [5.74, 6) is -3.59. The Kier molecular flexibility index (Phi) is 8.13. The highest BCUT2D eigenvalue weighted by atomic mass is 19.1. The lowest BCUT2D eigenvalue weighted by atomic mass is 9.44. The van der Waals surface area contributed by atoms with Crippen molar-refractivity contribution in [1.82, 2.24) is 0 Å². The van der Waals surface area contributed by atoms with Gasteiger partial charge >= 0.3 is 12.1 Å². The number of aliphatic hydroxyl groups excluding tert-OH is 1. The van der Waals surface area contributed by atoms with Gasteiger partial charge in [-0.1, -0.05) is 47.1 Å². The lowest BCUT2D eigenvalue weighted by molar-refractivity contribution is -0.236. The molecule has 240 valence electrons. The van der Waals surface area contributed by atoms with E-state index in [1.54, 1.807) is 13.8 Å². The monoisotopic (exact) mass is 610 g/mol. The fourth-order valence-electron chi connectivity index (χ4n) is 9.90. The Labute approximate surface area is 251 Å². The molecule has 0 spiro atoms. The second kappa shape index (κ2) is 10.9. The van der Waals surface area contributed by atoms with Gasteiger partial charge < -0.3 is 19.3 Å². The summed E-state index contributed by atoms with van der Waals surface area (Å²) in [6, 6.07) is 0. The zero-order valence-corrected chi connectivity index (χ0v) is 25.9. The minimum Gasteiger partial charge on any atom is -0.431 e. The maximum Gasteiger partial charge on any atom is 0.509 e. The van der Waals surface area contributed by atoms with E-state index < -0.39 is 83.0 Å². The van der Waals surface area contributed by atoms with Crippen molar-refractivity contribution >= 4 is 17.9 Å². The van der Waals surface area contributed by atoms with Crippen LogP contribution in [0.15, 0.2) is 23.8 Å². The fraction of sp³-hybridized carbons (Fsp3) is 0.788. The number of fused-ring (bicyclic) bond motifs is 5. The van der Waals surface area contributed by atoms with Gasteiger partial charge in [-0.05, 0) is 80.4 Å². The predicted octanol–water partition coefficient (Wildman–Crippen LogP) is 6.37. The van der Waals surface area contributed by atoms with Gasteiger partial charge in [0.2, 0.25) is 12.5 Å². The first-order chi connectivity index (χ1) is 20.1. The number of aliphatic hydroxyl groups is 1. The Hall–Kier alpha value is -2.36. The van der Waals surface area contributed by atoms with E-state index in [1.165, 1.54) is 19.1 Å². The summed E-state index contributed by atoms with van der Waals surface area (Å²) < 4.78 is 63.7. The molecule has 7 nitrogen and oxygen atoms in total. The SMILES string of the molecule is CC(C)[C@@H]1CC[C@@H](C)C[C@H]1OC(=O)O[C@@]1(C(=O)OCF)[C@H](C)C[C@H]2[C@@H]3C[C@H](F)C4=CC(=O)C=C[C@]4(C)C3(F)[C@@H](O)C[C@@]21C. The lowest BCUT2D eigenvalue weighted by Gasteiger charge is -2.62. The molecule has 0 heterocycles. The van der Waals surface area contributed by atoms with E-state index in [0.717, 1.165) is 18.9 Å². The highest BCUT2D eigenvalue weighted by Crippen LogP contribution is 2.71. The second-order valence-electron chi connectivity index (χ2n) is 14.6. The van der Waals surface area contributed by atoms with Gasteiger partial charge in [0, 0.05) is 22.7 Å². The van der Waals surface area contributed by atoms with Gasteiger partial charge in [-0.15, -0.1) is 0 Å². The van der Waals surface area contributed by atoms with Crippen LogP contribution >= 0.6 is 0 Å². The highest BCUT2D eigenvalue weighted by Gasteiger charge is 2.79. The van der Waals surface area contributed by atoms with Gasteiger partial charge in [0.1, 0.15) is 12.3 Å². The number of allylic oxidation sites excluding steroid dienone is 4. The summed E-state index contributed by atoms with van der Waals surface area (Å²) in [5, 5.41) is 11.6. The smallest absolute Gasteiger partial charge is 0.431 e. The number of halogens is 3. The molecule has 0 amide bonds. The van der Waals surface area contributed by atoms with Gasteiger partial charge in [0.05, 0.1) is 6.10 Å². The van der Waals surface area contributed by atoms with Gasteiger partial charge in [0.15, 0.2) is 11.5 Å². The van der Waals surface area contributed by atoms with E-state index in [4.69, 9.17) is 14.2 Å². The van der Waals surface area contributed by atoms with Crippen molar-refractivity contribution in [2.75, 3.05) is 6.86 Å². The maximum absolute atomic E-state index is 17.6. The molecule has 0 saturated heterocycles. The normalized spacial score (nSPS) is 47.2. The van der Waals surface area contributed by atoms with Crippen molar-refractivity contribution in [3.8, 4) is 0 Å². The molecule has 0 aliphatic heterocycles. The Morgan fingerprint density at radius 2 is 1.81 bits per heavy atom. The number of hydrogen-bond donors (Lipinski definition) is 1. The van der Waals surface area contributed by atoms with E-state index in [0.29, 0.717) is 12.3 Å². The van der Waals surface area contributed by atoms with Crippen LogP contribution in [0, 0.1) is 46.3 Å². The van der Waals surface area contributed by atoms with Crippen molar-refractivity contribution in [2.24, 2.45) is 46.3 Å². The fourth-order valence-corrected chi connectivity index (χ4v) is 9.90. The molecule has 0 aromatic heterocycles. The van der Waals surface area contributed by atoms with Crippen LogP contribution in [-0.4, -0.2) is 59.5 Å². The lowest BCUT2D eigenvalue weighted by Crippen LogP contribution is -2.71. The van der Waals surface area contributed by atoms with E-state index in [9.17, 15) is 23.9 Å². The van der Waals surface area contributed by atoms with Crippen molar-refractivity contribution in [3.05, 3.63) is 23.8 Å². The third kappa shape index (κ3) is 4.51. The zero-order valence-electron chi connectivity index (χ0n) is 25.9. The summed E-state index contributed by atoms with van der Waals surface area (Å²) in [5.41, 5.74) is -7.57. The van der Waals surface area contributed by atoms with Crippen LogP contribution < -0.4 is 0 Å². The Balaban J connectivity index is 1.53. The maximum atomic E-state index is 17.6. The molecule has 5 aliphatic carbocycles. The molecule has 0 bridgehead atoms. The van der Waals surface area contributed by atoms with E-state index >= 15 is 8.78 Å². The van der Waals surface area contributed by atoms with Gasteiger partial charge in [-0.2, -0.15) is 0 Å². The Morgan fingerprint density at radius 1 is 1.12 bits per heavy atom. The molecular weight excluding hydrogens is 565 g/mol. The predicted molar refractivity (Wildman–Crippen MR) is 151 cm³/mol. The minimum absolute atomic E-state index is 0.0169. The van der Waals surface area contributed by atoms with Crippen LogP contribution in [0.25, 0.3) is 0 Å². The average molecular weight is 611 g/mol. The number of carbonyl (C=O) groups is 3. The number of carbonyl (C=O) groups excluding carboxylic acids is 3. The molecule has 4 fully saturated rings. The molecule has 5 aliphatic rings. The summed E-state index contributed by atoms with van der Waals surface area (Å²) in [4.78, 5) is 39.4. The molecule has 4 saturated carbocycles. The molecule has 43 heavy (non-hydrogen) atoms. The number of alkyl halides is 3. The number of hydrogen-bond acceptors (Lipinski definition) is 7. The first-order valence-corrected chi connectivity index (χ1v) is 15.7. The molecular formula is C33H45F3O7. The summed E-state index contributed by atoms with van der Waals surface area (Å²) in [7, 11) is 0. The van der Waals surface area contributed by atoms with Crippen LogP contribution in [0.4, 0.5) is 18.0 Å². The molecule has 0 radical (unpaired) electrons. The van der Waals surface area contributed by atoms with Crippen molar-refractivity contribution in [3.63, 3.8) is 0 Å². The molecule has 1 unspecified atom stereocenters. The van der Waals surface area contributed by atoms with Crippen molar-refractivity contribution in [2.45, 2.75) is 110 Å². The van der Waals surface area contributed by atoms with Crippen LogP contribution in [0.1, 0.15) is 80.1 Å². The molecule has 10 heteroatoms. The zero-order chi connectivity index (χ0) is 31.7. The van der Waals surface area contributed by atoms with Crippen LogP contribution in [0.3, 0.4) is 0 Å². The molecule has 0 aromatic rings. The standard InChI is InChI=1S/C33H45F3O7/c1-17(2)21-8-7-18(3)11-26(21)42-29(40)43-33(28(39)41-16-34)19(4)12-22-23-14-25(35)24-13-20(37)9-10-30(24,5)32(23,36)27(38)15-31(22,33)6/h9-10,13,17-19,21-23,25-27,38H,7-8,11-12,14-16H2,1-6H3/t18-,19-,21+,22+,23+,25+,26-,27+,30+,31+,32?,33-/m1/s1. The van der Waals surface area contributed by atoms with Crippen LogP contribution in [0.2, 0.25) is 0 Å². The minimum atomic E-state index is -2.38. The molecule has 5 rings (SSSR count). The molecule has 1 N–H and O–H groups in total. The van der Waals surface area contributed by atoms with Crippen molar-refractivity contribution in [1.29, 1.82) is 0 Å². The molecule has 0 aromatic carbocycles. The second-order valence-corrected chi connectivity index (χ2v) is 14.6. The first kappa shape index (κ1) is 32.0.